The van der Waals surface area contributed by atoms with E-state index in [-0.39, 0.29) is 0 Å². The van der Waals surface area contributed by atoms with E-state index in [0.717, 1.165) is 39.1 Å². The Bertz CT molecular complexity index is 181. The molecule has 13 heavy (non-hydrogen) atoms. The molecule has 2 aliphatic rings. The van der Waals surface area contributed by atoms with Crippen molar-refractivity contribution in [2.75, 3.05) is 26.3 Å². The number of amides is 1. The molecule has 2 rings (SSSR count). The van der Waals surface area contributed by atoms with Crippen molar-refractivity contribution in [3.8, 4) is 0 Å². The van der Waals surface area contributed by atoms with Gasteiger partial charge in [-0.15, -0.1) is 0 Å². The van der Waals surface area contributed by atoms with Gasteiger partial charge in [-0.1, -0.05) is 12.8 Å². The summed E-state index contributed by atoms with van der Waals surface area (Å²) in [4.78, 5) is 13.8. The predicted octanol–water partition coefficient (Wildman–Crippen LogP) is 1.04. The molecule has 1 aliphatic carbocycles. The Balaban J connectivity index is 1.87. The second-order valence-electron chi connectivity index (χ2n) is 3.92. The fraction of sp³-hybridized carbons (Fsp3) is 0.900. The molecule has 3 nitrogen and oxygen atoms in total. The molecule has 2 fully saturated rings. The zero-order chi connectivity index (χ0) is 9.10. The highest BCUT2D eigenvalue weighted by Crippen LogP contribution is 2.26. The summed E-state index contributed by atoms with van der Waals surface area (Å²) in [6.07, 6.45) is 4.69. The van der Waals surface area contributed by atoms with Crippen molar-refractivity contribution in [1.82, 2.24) is 4.90 Å². The summed E-state index contributed by atoms with van der Waals surface area (Å²) in [5, 5.41) is 0. The van der Waals surface area contributed by atoms with E-state index in [1.165, 1.54) is 12.8 Å². The third-order valence-corrected chi connectivity index (χ3v) is 3.03. The number of hydrogen-bond acceptors (Lipinski definition) is 2. The average molecular weight is 183 g/mol. The van der Waals surface area contributed by atoms with E-state index in [9.17, 15) is 4.79 Å². The van der Waals surface area contributed by atoms with E-state index in [1.54, 1.807) is 0 Å². The second-order valence-corrected chi connectivity index (χ2v) is 3.92. The van der Waals surface area contributed by atoms with Crippen LogP contribution < -0.4 is 0 Å². The monoisotopic (exact) mass is 183 g/mol. The van der Waals surface area contributed by atoms with Crippen molar-refractivity contribution in [3.05, 3.63) is 0 Å². The smallest absolute Gasteiger partial charge is 0.225 e. The lowest BCUT2D eigenvalue weighted by Gasteiger charge is -2.29. The summed E-state index contributed by atoms with van der Waals surface area (Å²) in [5.41, 5.74) is 0. The number of carbonyl (C=O) groups is 1. The Morgan fingerprint density at radius 3 is 2.38 bits per heavy atom. The molecule has 1 aliphatic heterocycles. The maximum Gasteiger partial charge on any atom is 0.225 e. The van der Waals surface area contributed by atoms with Crippen LogP contribution in [-0.4, -0.2) is 37.1 Å². The predicted molar refractivity (Wildman–Crippen MR) is 49.4 cm³/mol. The highest BCUT2D eigenvalue weighted by molar-refractivity contribution is 5.79. The van der Waals surface area contributed by atoms with Gasteiger partial charge >= 0.3 is 0 Å². The Kier molecular flexibility index (Phi) is 2.83. The summed E-state index contributed by atoms with van der Waals surface area (Å²) in [7, 11) is 0. The van der Waals surface area contributed by atoms with E-state index < -0.39 is 0 Å². The number of ether oxygens (including phenoxy) is 1. The van der Waals surface area contributed by atoms with Gasteiger partial charge < -0.3 is 9.64 Å². The van der Waals surface area contributed by atoms with Crippen LogP contribution in [-0.2, 0) is 9.53 Å². The minimum Gasteiger partial charge on any atom is -0.378 e. The molecular formula is C10H17NO2. The first-order valence-corrected chi connectivity index (χ1v) is 5.24. The van der Waals surface area contributed by atoms with Crippen LogP contribution in [0.2, 0.25) is 0 Å². The second kappa shape index (κ2) is 4.09. The molecule has 0 unspecified atom stereocenters. The largest absolute Gasteiger partial charge is 0.378 e. The lowest BCUT2D eigenvalue weighted by Crippen LogP contribution is -2.43. The summed E-state index contributed by atoms with van der Waals surface area (Å²) < 4.78 is 5.22. The van der Waals surface area contributed by atoms with E-state index in [0.29, 0.717) is 11.8 Å². The molecule has 3 heteroatoms. The van der Waals surface area contributed by atoms with Crippen molar-refractivity contribution in [2.45, 2.75) is 25.7 Å². The lowest BCUT2D eigenvalue weighted by atomic mass is 10.1. The van der Waals surface area contributed by atoms with Gasteiger partial charge in [-0.05, 0) is 12.8 Å². The third-order valence-electron chi connectivity index (χ3n) is 3.03. The van der Waals surface area contributed by atoms with E-state index in [2.05, 4.69) is 0 Å². The molecule has 1 saturated heterocycles. The first kappa shape index (κ1) is 9.00. The van der Waals surface area contributed by atoms with E-state index in [1.807, 2.05) is 4.90 Å². The van der Waals surface area contributed by atoms with Crippen molar-refractivity contribution in [3.63, 3.8) is 0 Å². The molecule has 0 atom stereocenters. The SMILES string of the molecule is O=C(C1CCCC1)N1CCOCC1. The minimum absolute atomic E-state index is 0.332. The first-order valence-electron chi connectivity index (χ1n) is 5.24. The van der Waals surface area contributed by atoms with Gasteiger partial charge in [-0.3, -0.25) is 4.79 Å². The van der Waals surface area contributed by atoms with Crippen LogP contribution in [0.3, 0.4) is 0 Å². The van der Waals surface area contributed by atoms with Gasteiger partial charge in [0.15, 0.2) is 0 Å². The summed E-state index contributed by atoms with van der Waals surface area (Å²) >= 11 is 0. The Labute approximate surface area is 79.0 Å². The Morgan fingerprint density at radius 1 is 1.15 bits per heavy atom. The highest BCUT2D eigenvalue weighted by Gasteiger charge is 2.27. The minimum atomic E-state index is 0.332. The van der Waals surface area contributed by atoms with Gasteiger partial charge in [0.1, 0.15) is 0 Å². The fourth-order valence-corrected chi connectivity index (χ4v) is 2.21. The molecule has 1 saturated carbocycles. The quantitative estimate of drug-likeness (QED) is 0.608. The van der Waals surface area contributed by atoms with E-state index in [4.69, 9.17) is 4.74 Å². The van der Waals surface area contributed by atoms with Crippen molar-refractivity contribution in [2.24, 2.45) is 5.92 Å². The van der Waals surface area contributed by atoms with Crippen LogP contribution >= 0.6 is 0 Å². The van der Waals surface area contributed by atoms with Crippen molar-refractivity contribution >= 4 is 5.91 Å². The zero-order valence-corrected chi connectivity index (χ0v) is 8.00. The zero-order valence-electron chi connectivity index (χ0n) is 8.00. The summed E-state index contributed by atoms with van der Waals surface area (Å²) in [6.45, 7) is 3.04. The topological polar surface area (TPSA) is 29.5 Å². The average Bonchev–Trinajstić information content (AvgIpc) is 2.71. The maximum absolute atomic E-state index is 11.9. The molecule has 1 amide bonds. The number of hydrogen-bond donors (Lipinski definition) is 0. The first-order chi connectivity index (χ1) is 6.38. The lowest BCUT2D eigenvalue weighted by molar-refractivity contribution is -0.139. The molecule has 0 spiro atoms. The van der Waals surface area contributed by atoms with Gasteiger partial charge in [0.25, 0.3) is 0 Å². The molecule has 0 N–H and O–H groups in total. The Morgan fingerprint density at radius 2 is 1.77 bits per heavy atom. The van der Waals surface area contributed by atoms with Crippen LogP contribution in [0.25, 0.3) is 0 Å². The van der Waals surface area contributed by atoms with Gasteiger partial charge in [-0.2, -0.15) is 0 Å². The van der Waals surface area contributed by atoms with Crippen LogP contribution in [0.4, 0.5) is 0 Å². The number of rotatable bonds is 1. The fourth-order valence-electron chi connectivity index (χ4n) is 2.21. The molecule has 1 heterocycles. The summed E-state index contributed by atoms with van der Waals surface area (Å²) in [5.74, 6) is 0.707. The molecule has 74 valence electrons. The molecule has 0 aromatic heterocycles. The van der Waals surface area contributed by atoms with Gasteiger partial charge in [-0.25, -0.2) is 0 Å². The molecule has 0 radical (unpaired) electrons. The van der Waals surface area contributed by atoms with Gasteiger partial charge in [0.05, 0.1) is 13.2 Å². The third kappa shape index (κ3) is 2.02. The van der Waals surface area contributed by atoms with E-state index >= 15 is 0 Å². The van der Waals surface area contributed by atoms with Crippen molar-refractivity contribution < 1.29 is 9.53 Å². The van der Waals surface area contributed by atoms with Crippen LogP contribution in [0.5, 0.6) is 0 Å². The number of nitrogens with zero attached hydrogens (tertiary/aromatic N) is 1. The number of carbonyl (C=O) groups excluding carboxylic acids is 1. The molecular weight excluding hydrogens is 166 g/mol. The van der Waals surface area contributed by atoms with Gasteiger partial charge in [0.2, 0.25) is 5.91 Å². The molecule has 0 bridgehead atoms. The highest BCUT2D eigenvalue weighted by atomic mass is 16.5. The molecule has 0 aromatic rings. The van der Waals surface area contributed by atoms with Crippen LogP contribution in [0.15, 0.2) is 0 Å². The summed E-state index contributed by atoms with van der Waals surface area (Å²) in [6, 6.07) is 0. The normalized spacial score (nSPS) is 25.1. The number of morpholine rings is 1. The van der Waals surface area contributed by atoms with Crippen molar-refractivity contribution in [1.29, 1.82) is 0 Å². The molecule has 0 aromatic carbocycles. The van der Waals surface area contributed by atoms with Crippen LogP contribution in [0, 0.1) is 5.92 Å². The van der Waals surface area contributed by atoms with Crippen LogP contribution in [0.1, 0.15) is 25.7 Å². The maximum atomic E-state index is 11.9. The Hall–Kier alpha value is -0.570. The van der Waals surface area contributed by atoms with Gasteiger partial charge in [0, 0.05) is 19.0 Å². The standard InChI is InChI=1S/C10H17NO2/c12-10(9-3-1-2-4-9)11-5-7-13-8-6-11/h9H,1-8H2.